The van der Waals surface area contributed by atoms with Crippen LogP contribution in [-0.2, 0) is 0 Å². The number of ether oxygens (including phenoxy) is 1. The van der Waals surface area contributed by atoms with Crippen molar-refractivity contribution in [1.82, 2.24) is 0 Å². The van der Waals surface area contributed by atoms with Crippen molar-refractivity contribution >= 4 is 19.6 Å². The minimum atomic E-state index is -0.510. The van der Waals surface area contributed by atoms with Crippen molar-refractivity contribution < 1.29 is 13.9 Å². The van der Waals surface area contributed by atoms with E-state index >= 15 is 0 Å². The van der Waals surface area contributed by atoms with Crippen LogP contribution in [0.4, 0.5) is 4.39 Å². The maximum atomic E-state index is 13.1. The maximum absolute atomic E-state index is 13.1. The lowest BCUT2D eigenvalue weighted by Gasteiger charge is -2.05. The van der Waals surface area contributed by atoms with E-state index in [1.165, 1.54) is 13.2 Å². The predicted molar refractivity (Wildman–Crippen MR) is 46.5 cm³/mol. The molecule has 4 heteroatoms. The molecule has 0 aliphatic heterocycles. The van der Waals surface area contributed by atoms with E-state index in [4.69, 9.17) is 4.74 Å². The molecule has 12 heavy (non-hydrogen) atoms. The standard InChI is InChI=1S/C8H8BFO2/c1-12-6-3-2-5(4-11)8(10)7(6)9/h2-4H,9H2,1H3. The van der Waals surface area contributed by atoms with Crippen LogP contribution in [0.15, 0.2) is 12.1 Å². The number of carbonyl (C=O) groups is 1. The third-order valence-corrected chi connectivity index (χ3v) is 1.71. The zero-order valence-corrected chi connectivity index (χ0v) is 6.93. The Labute approximate surface area is 70.8 Å². The van der Waals surface area contributed by atoms with Crippen LogP contribution in [-0.4, -0.2) is 21.2 Å². The fraction of sp³-hybridized carbons (Fsp3) is 0.125. The summed E-state index contributed by atoms with van der Waals surface area (Å²) in [5.41, 5.74) is 0.426. The van der Waals surface area contributed by atoms with Gasteiger partial charge in [0, 0.05) is 5.56 Å². The van der Waals surface area contributed by atoms with E-state index < -0.39 is 5.82 Å². The molecule has 0 amide bonds. The van der Waals surface area contributed by atoms with Crippen molar-refractivity contribution in [1.29, 1.82) is 0 Å². The van der Waals surface area contributed by atoms with Gasteiger partial charge in [-0.05, 0) is 17.6 Å². The molecule has 0 bridgehead atoms. The zero-order chi connectivity index (χ0) is 9.14. The van der Waals surface area contributed by atoms with E-state index in [1.54, 1.807) is 13.9 Å². The summed E-state index contributed by atoms with van der Waals surface area (Å²) < 4.78 is 18.0. The number of carbonyl (C=O) groups excluding carboxylic acids is 1. The molecular formula is C8H8BFO2. The Morgan fingerprint density at radius 1 is 1.58 bits per heavy atom. The molecule has 0 atom stereocenters. The highest BCUT2D eigenvalue weighted by Crippen LogP contribution is 2.10. The van der Waals surface area contributed by atoms with Gasteiger partial charge >= 0.3 is 0 Å². The lowest BCUT2D eigenvalue weighted by molar-refractivity contribution is 0.112. The molecular weight excluding hydrogens is 158 g/mol. The van der Waals surface area contributed by atoms with Crippen LogP contribution in [0.2, 0.25) is 0 Å². The molecule has 0 saturated heterocycles. The lowest BCUT2D eigenvalue weighted by Crippen LogP contribution is -2.14. The summed E-state index contributed by atoms with van der Waals surface area (Å²) in [6.07, 6.45) is 0.488. The van der Waals surface area contributed by atoms with Crippen molar-refractivity contribution in [3.05, 3.63) is 23.5 Å². The van der Waals surface area contributed by atoms with Crippen LogP contribution in [0.1, 0.15) is 10.4 Å². The van der Waals surface area contributed by atoms with Gasteiger partial charge in [-0.3, -0.25) is 4.79 Å². The van der Waals surface area contributed by atoms with Gasteiger partial charge in [0.2, 0.25) is 0 Å². The summed E-state index contributed by atoms with van der Waals surface area (Å²) in [6, 6.07) is 2.97. The van der Waals surface area contributed by atoms with E-state index in [0.717, 1.165) is 0 Å². The van der Waals surface area contributed by atoms with Crippen LogP contribution in [0, 0.1) is 5.82 Å². The molecule has 0 heterocycles. The lowest BCUT2D eigenvalue weighted by atomic mass is 9.92. The molecule has 62 valence electrons. The minimum Gasteiger partial charge on any atom is -0.497 e. The van der Waals surface area contributed by atoms with E-state index in [0.29, 0.717) is 17.5 Å². The van der Waals surface area contributed by atoms with Crippen molar-refractivity contribution in [3.63, 3.8) is 0 Å². The Hall–Kier alpha value is -1.32. The number of halogens is 1. The SMILES string of the molecule is Bc1c(OC)ccc(C=O)c1F. The van der Waals surface area contributed by atoms with E-state index in [9.17, 15) is 9.18 Å². The first-order chi connectivity index (χ1) is 5.70. The predicted octanol–water partition coefficient (Wildman–Crippen LogP) is -0.0948. The Morgan fingerprint density at radius 2 is 2.25 bits per heavy atom. The minimum absolute atomic E-state index is 0.0632. The van der Waals surface area contributed by atoms with Crippen molar-refractivity contribution in [2.75, 3.05) is 7.11 Å². The molecule has 0 saturated carbocycles. The second kappa shape index (κ2) is 3.39. The van der Waals surface area contributed by atoms with Crippen molar-refractivity contribution in [2.24, 2.45) is 0 Å². The second-order valence-corrected chi connectivity index (χ2v) is 2.41. The van der Waals surface area contributed by atoms with Gasteiger partial charge in [-0.2, -0.15) is 0 Å². The largest absolute Gasteiger partial charge is 0.497 e. The number of aldehydes is 1. The van der Waals surface area contributed by atoms with Crippen LogP contribution in [0.3, 0.4) is 0 Å². The summed E-state index contributed by atoms with van der Waals surface area (Å²) in [5.74, 6) is -0.0533. The average Bonchev–Trinajstić information content (AvgIpc) is 2.10. The molecule has 0 N–H and O–H groups in total. The maximum Gasteiger partial charge on any atom is 0.152 e. The summed E-state index contributed by atoms with van der Waals surface area (Å²) in [7, 11) is 3.03. The third-order valence-electron chi connectivity index (χ3n) is 1.71. The van der Waals surface area contributed by atoms with Crippen molar-refractivity contribution in [2.45, 2.75) is 0 Å². The molecule has 2 nitrogen and oxygen atoms in total. The fourth-order valence-electron chi connectivity index (χ4n) is 1.00. The number of rotatable bonds is 2. The van der Waals surface area contributed by atoms with E-state index in [-0.39, 0.29) is 5.56 Å². The molecule has 1 aromatic carbocycles. The average molecular weight is 166 g/mol. The normalized spacial score (nSPS) is 9.50. The van der Waals surface area contributed by atoms with Gasteiger partial charge in [0.15, 0.2) is 6.29 Å². The molecule has 0 aromatic heterocycles. The molecule has 0 spiro atoms. The van der Waals surface area contributed by atoms with Gasteiger partial charge in [0.05, 0.1) is 7.11 Å². The number of benzene rings is 1. The summed E-state index contributed by atoms with van der Waals surface area (Å²) in [5, 5.41) is 0. The third kappa shape index (κ3) is 1.32. The number of methoxy groups -OCH3 is 1. The molecule has 0 aliphatic carbocycles. The quantitative estimate of drug-likeness (QED) is 0.453. The van der Waals surface area contributed by atoms with Gasteiger partial charge < -0.3 is 4.74 Å². The topological polar surface area (TPSA) is 26.3 Å². The van der Waals surface area contributed by atoms with Gasteiger partial charge in [-0.15, -0.1) is 0 Å². The first kappa shape index (κ1) is 8.78. The van der Waals surface area contributed by atoms with Crippen LogP contribution in [0.25, 0.3) is 0 Å². The second-order valence-electron chi connectivity index (χ2n) is 2.41. The Kier molecular flexibility index (Phi) is 2.48. The Balaban J connectivity index is 3.29. The van der Waals surface area contributed by atoms with Gasteiger partial charge in [-0.1, -0.05) is 0 Å². The smallest absolute Gasteiger partial charge is 0.152 e. The molecule has 1 rings (SSSR count). The summed E-state index contributed by atoms with van der Waals surface area (Å²) in [4.78, 5) is 10.3. The Morgan fingerprint density at radius 3 is 2.75 bits per heavy atom. The van der Waals surface area contributed by atoms with Crippen LogP contribution >= 0.6 is 0 Å². The Bertz CT molecular complexity index is 312. The van der Waals surface area contributed by atoms with Gasteiger partial charge in [0.25, 0.3) is 0 Å². The van der Waals surface area contributed by atoms with Crippen LogP contribution < -0.4 is 10.2 Å². The first-order valence-corrected chi connectivity index (χ1v) is 3.49. The molecule has 0 radical (unpaired) electrons. The monoisotopic (exact) mass is 166 g/mol. The van der Waals surface area contributed by atoms with E-state index in [2.05, 4.69) is 0 Å². The van der Waals surface area contributed by atoms with E-state index in [1.807, 2.05) is 0 Å². The summed E-state index contributed by atoms with van der Waals surface area (Å²) in [6.45, 7) is 0. The van der Waals surface area contributed by atoms with Gasteiger partial charge in [0.1, 0.15) is 19.4 Å². The number of hydrogen-bond acceptors (Lipinski definition) is 2. The van der Waals surface area contributed by atoms with Gasteiger partial charge in [-0.25, -0.2) is 4.39 Å². The molecule has 0 fully saturated rings. The summed E-state index contributed by atoms with van der Waals surface area (Å²) >= 11 is 0. The molecule has 0 unspecified atom stereocenters. The molecule has 1 aromatic rings. The highest BCUT2D eigenvalue weighted by Gasteiger charge is 2.08. The zero-order valence-electron chi connectivity index (χ0n) is 6.93. The first-order valence-electron chi connectivity index (χ1n) is 3.49. The van der Waals surface area contributed by atoms with Crippen molar-refractivity contribution in [3.8, 4) is 5.75 Å². The fourth-order valence-corrected chi connectivity index (χ4v) is 1.00. The highest BCUT2D eigenvalue weighted by molar-refractivity contribution is 6.34. The molecule has 0 aliphatic rings. The van der Waals surface area contributed by atoms with Crippen LogP contribution in [0.5, 0.6) is 5.75 Å². The highest BCUT2D eigenvalue weighted by atomic mass is 19.1. The number of hydrogen-bond donors (Lipinski definition) is 0.